The highest BCUT2D eigenvalue weighted by molar-refractivity contribution is 5.77. The van der Waals surface area contributed by atoms with Crippen molar-refractivity contribution in [2.75, 3.05) is 7.11 Å². The summed E-state index contributed by atoms with van der Waals surface area (Å²) in [4.78, 5) is 15.8. The number of nitrogens with two attached hydrogens (primary N) is 1. The number of hydrogen-bond acceptors (Lipinski definition) is 3. The van der Waals surface area contributed by atoms with Gasteiger partial charge in [0.05, 0.1) is 7.11 Å². The molecule has 0 bridgehead atoms. The van der Waals surface area contributed by atoms with E-state index in [1.165, 1.54) is 7.11 Å². The smallest absolute Gasteiger partial charge is 0.246 e. The van der Waals surface area contributed by atoms with E-state index in [4.69, 9.17) is 5.73 Å². The molecule has 0 spiro atoms. The van der Waals surface area contributed by atoms with Crippen LogP contribution >= 0.6 is 0 Å². The highest BCUT2D eigenvalue weighted by Gasteiger charge is 2.24. The quantitative estimate of drug-likeness (QED) is 0.584. The minimum atomic E-state index is -0.00981. The van der Waals surface area contributed by atoms with Gasteiger partial charge in [0.25, 0.3) is 0 Å². The molecular formula is C8H16N2O2. The Morgan fingerprint density at radius 3 is 2.50 bits per heavy atom. The largest absolute Gasteiger partial charge is 0.328 e. The van der Waals surface area contributed by atoms with E-state index in [0.717, 1.165) is 25.7 Å². The zero-order valence-corrected chi connectivity index (χ0v) is 7.38. The van der Waals surface area contributed by atoms with Crippen LogP contribution in [0.4, 0.5) is 0 Å². The second-order valence-electron chi connectivity index (χ2n) is 3.28. The van der Waals surface area contributed by atoms with Crippen molar-refractivity contribution in [1.29, 1.82) is 0 Å². The van der Waals surface area contributed by atoms with Gasteiger partial charge in [0.2, 0.25) is 5.91 Å². The SMILES string of the molecule is CONC(=O)[C@H]1CC[C@H](N)CC1. The van der Waals surface area contributed by atoms with Crippen LogP contribution in [0, 0.1) is 5.92 Å². The van der Waals surface area contributed by atoms with Crippen molar-refractivity contribution in [1.82, 2.24) is 5.48 Å². The average Bonchev–Trinajstić information content (AvgIpc) is 2.06. The van der Waals surface area contributed by atoms with Crippen molar-refractivity contribution in [2.45, 2.75) is 31.7 Å². The predicted octanol–water partition coefficient (Wildman–Crippen LogP) is 0.181. The Hall–Kier alpha value is -0.610. The summed E-state index contributed by atoms with van der Waals surface area (Å²) in [6.45, 7) is 0. The van der Waals surface area contributed by atoms with E-state index in [-0.39, 0.29) is 17.9 Å². The van der Waals surface area contributed by atoms with Crippen LogP contribution in [-0.4, -0.2) is 19.1 Å². The van der Waals surface area contributed by atoms with Gasteiger partial charge < -0.3 is 5.73 Å². The number of amides is 1. The lowest BCUT2D eigenvalue weighted by atomic mass is 9.86. The van der Waals surface area contributed by atoms with E-state index in [0.29, 0.717) is 0 Å². The van der Waals surface area contributed by atoms with Gasteiger partial charge in [-0.05, 0) is 25.7 Å². The lowest BCUT2D eigenvalue weighted by Gasteiger charge is -2.24. The minimum Gasteiger partial charge on any atom is -0.328 e. The second-order valence-corrected chi connectivity index (χ2v) is 3.28. The van der Waals surface area contributed by atoms with Crippen LogP contribution in [0.3, 0.4) is 0 Å². The maximum Gasteiger partial charge on any atom is 0.246 e. The van der Waals surface area contributed by atoms with Crippen molar-refractivity contribution >= 4 is 5.91 Å². The van der Waals surface area contributed by atoms with E-state index in [2.05, 4.69) is 10.3 Å². The maximum atomic E-state index is 11.2. The zero-order chi connectivity index (χ0) is 8.97. The third-order valence-corrected chi connectivity index (χ3v) is 2.35. The van der Waals surface area contributed by atoms with Gasteiger partial charge in [-0.25, -0.2) is 5.48 Å². The molecule has 70 valence electrons. The van der Waals surface area contributed by atoms with Gasteiger partial charge in [-0.1, -0.05) is 0 Å². The first-order valence-corrected chi connectivity index (χ1v) is 4.32. The number of rotatable bonds is 2. The Balaban J connectivity index is 2.29. The summed E-state index contributed by atoms with van der Waals surface area (Å²) >= 11 is 0. The molecule has 4 heteroatoms. The topological polar surface area (TPSA) is 64.3 Å². The fraction of sp³-hybridized carbons (Fsp3) is 0.875. The Bertz CT molecular complexity index is 153. The van der Waals surface area contributed by atoms with Crippen molar-refractivity contribution in [2.24, 2.45) is 11.7 Å². The van der Waals surface area contributed by atoms with E-state index >= 15 is 0 Å². The number of nitrogens with one attached hydrogen (secondary N) is 1. The summed E-state index contributed by atoms with van der Waals surface area (Å²) in [7, 11) is 1.45. The molecule has 0 unspecified atom stereocenters. The van der Waals surface area contributed by atoms with Gasteiger partial charge in [-0.15, -0.1) is 0 Å². The molecule has 0 radical (unpaired) electrons. The van der Waals surface area contributed by atoms with Crippen LogP contribution in [0.1, 0.15) is 25.7 Å². The highest BCUT2D eigenvalue weighted by Crippen LogP contribution is 2.22. The fourth-order valence-electron chi connectivity index (χ4n) is 1.57. The molecule has 1 aliphatic rings. The van der Waals surface area contributed by atoms with Crippen molar-refractivity contribution < 1.29 is 9.63 Å². The van der Waals surface area contributed by atoms with Gasteiger partial charge in [0, 0.05) is 12.0 Å². The van der Waals surface area contributed by atoms with Crippen LogP contribution in [0.2, 0.25) is 0 Å². The average molecular weight is 172 g/mol. The first-order chi connectivity index (χ1) is 5.74. The van der Waals surface area contributed by atoms with E-state index in [1.54, 1.807) is 0 Å². The first-order valence-electron chi connectivity index (χ1n) is 4.32. The lowest BCUT2D eigenvalue weighted by molar-refractivity contribution is -0.136. The molecule has 0 aromatic rings. The maximum absolute atomic E-state index is 11.2. The third-order valence-electron chi connectivity index (χ3n) is 2.35. The van der Waals surface area contributed by atoms with Crippen molar-refractivity contribution in [3.63, 3.8) is 0 Å². The zero-order valence-electron chi connectivity index (χ0n) is 7.38. The Labute approximate surface area is 72.4 Å². The third kappa shape index (κ3) is 2.46. The van der Waals surface area contributed by atoms with Crippen molar-refractivity contribution in [3.8, 4) is 0 Å². The molecule has 4 nitrogen and oxygen atoms in total. The molecule has 0 heterocycles. The number of hydroxylamine groups is 1. The standard InChI is InChI=1S/C8H16N2O2/c1-12-10-8(11)6-2-4-7(9)5-3-6/h6-7H,2-5,9H2,1H3,(H,10,11)/t6-,7-. The number of carbonyl (C=O) groups is 1. The van der Waals surface area contributed by atoms with E-state index in [1.807, 2.05) is 0 Å². The molecule has 3 N–H and O–H groups in total. The van der Waals surface area contributed by atoms with E-state index < -0.39 is 0 Å². The molecule has 1 aliphatic carbocycles. The van der Waals surface area contributed by atoms with Crippen molar-refractivity contribution in [3.05, 3.63) is 0 Å². The van der Waals surface area contributed by atoms with Crippen LogP contribution in [0.15, 0.2) is 0 Å². The summed E-state index contributed by atoms with van der Waals surface area (Å²) in [6, 6.07) is 0.289. The van der Waals surface area contributed by atoms with Gasteiger partial charge in [-0.3, -0.25) is 9.63 Å². The molecule has 0 saturated heterocycles. The number of carbonyl (C=O) groups excluding carboxylic acids is 1. The summed E-state index contributed by atoms with van der Waals surface area (Å²) in [5, 5.41) is 0. The Morgan fingerprint density at radius 2 is 2.00 bits per heavy atom. The molecule has 0 aromatic heterocycles. The normalized spacial score (nSPS) is 29.8. The molecule has 12 heavy (non-hydrogen) atoms. The van der Waals surface area contributed by atoms with Gasteiger partial charge >= 0.3 is 0 Å². The molecule has 0 aromatic carbocycles. The summed E-state index contributed by atoms with van der Waals surface area (Å²) in [5.41, 5.74) is 8.06. The van der Waals surface area contributed by atoms with E-state index in [9.17, 15) is 4.79 Å². The highest BCUT2D eigenvalue weighted by atomic mass is 16.6. The Kier molecular flexibility index (Phi) is 3.49. The molecule has 1 amide bonds. The van der Waals surface area contributed by atoms with Gasteiger partial charge in [0.1, 0.15) is 0 Å². The second kappa shape index (κ2) is 4.42. The van der Waals surface area contributed by atoms with Crippen LogP contribution in [-0.2, 0) is 9.63 Å². The molecule has 1 rings (SSSR count). The fourth-order valence-corrected chi connectivity index (χ4v) is 1.57. The molecule has 0 aliphatic heterocycles. The van der Waals surface area contributed by atoms with Gasteiger partial charge in [-0.2, -0.15) is 0 Å². The molecule has 1 saturated carbocycles. The first kappa shape index (κ1) is 9.48. The Morgan fingerprint density at radius 1 is 1.42 bits per heavy atom. The van der Waals surface area contributed by atoms with Gasteiger partial charge in [0.15, 0.2) is 0 Å². The molecule has 1 fully saturated rings. The van der Waals surface area contributed by atoms with Crippen LogP contribution < -0.4 is 11.2 Å². The summed E-state index contributed by atoms with van der Waals surface area (Å²) < 4.78 is 0. The summed E-state index contributed by atoms with van der Waals surface area (Å²) in [6.07, 6.45) is 3.66. The predicted molar refractivity (Wildman–Crippen MR) is 45.1 cm³/mol. The number of hydrogen-bond donors (Lipinski definition) is 2. The van der Waals surface area contributed by atoms with Crippen LogP contribution in [0.5, 0.6) is 0 Å². The molecule has 0 atom stereocenters. The van der Waals surface area contributed by atoms with Crippen LogP contribution in [0.25, 0.3) is 0 Å². The lowest BCUT2D eigenvalue weighted by Crippen LogP contribution is -2.35. The summed E-state index contributed by atoms with van der Waals surface area (Å²) in [5.74, 6) is 0.0918. The molecular weight excluding hydrogens is 156 g/mol. The minimum absolute atomic E-state index is 0.00981. The monoisotopic (exact) mass is 172 g/mol.